The van der Waals surface area contributed by atoms with Crippen molar-refractivity contribution in [2.24, 2.45) is 0 Å². The van der Waals surface area contributed by atoms with E-state index in [1.165, 1.54) is 16.7 Å². The number of benzene rings is 1. The van der Waals surface area contributed by atoms with Gasteiger partial charge in [0.15, 0.2) is 0 Å². The number of amides is 1. The van der Waals surface area contributed by atoms with Crippen molar-refractivity contribution >= 4 is 28.7 Å². The van der Waals surface area contributed by atoms with Crippen LogP contribution in [0.1, 0.15) is 61.0 Å². The molecule has 1 aromatic carbocycles. The Bertz CT molecular complexity index is 1370. The number of hydrogen-bond acceptors (Lipinski definition) is 6. The van der Waals surface area contributed by atoms with Crippen molar-refractivity contribution < 1.29 is 14.3 Å². The van der Waals surface area contributed by atoms with Crippen molar-refractivity contribution in [3.05, 3.63) is 68.7 Å². The number of nitrogens with zero attached hydrogens (tertiary/aromatic N) is 3. The normalized spacial score (nSPS) is 21.2. The largest absolute Gasteiger partial charge is 0.507 e. The lowest BCUT2D eigenvalue weighted by Gasteiger charge is -2.31. The van der Waals surface area contributed by atoms with E-state index in [9.17, 15) is 23.9 Å². The third-order valence-corrected chi connectivity index (χ3v) is 8.07. The number of thioether (sulfide) groups is 1. The number of pyridine rings is 1. The van der Waals surface area contributed by atoms with Gasteiger partial charge in [-0.2, -0.15) is 11.8 Å². The van der Waals surface area contributed by atoms with E-state index in [-0.39, 0.29) is 52.1 Å². The molecule has 1 amide bonds. The minimum Gasteiger partial charge on any atom is -0.507 e. The predicted octanol–water partition coefficient (Wildman–Crippen LogP) is 3.38. The Morgan fingerprint density at radius 2 is 1.71 bits per heavy atom. The van der Waals surface area contributed by atoms with Crippen LogP contribution in [0.3, 0.4) is 0 Å². The van der Waals surface area contributed by atoms with Gasteiger partial charge < -0.3 is 10.4 Å². The standard InChI is InChI=1S/C25H27FN4O4S/c26-15-13-20-22(27-14-15)29(18-9-11-35-12-10-18)25(34)30(24(20)33)17-7-5-16(6-8-17)28-23(32)19-3-1-2-4-21(19)31/h1-4,13-14,16-18,31H,5-12H2,(H,28,32)/t16-,17+. The monoisotopic (exact) mass is 498 g/mol. The Kier molecular flexibility index (Phi) is 6.64. The number of hydrogen-bond donors (Lipinski definition) is 2. The molecule has 2 aliphatic rings. The van der Waals surface area contributed by atoms with Crippen molar-refractivity contribution in [3.8, 4) is 5.75 Å². The van der Waals surface area contributed by atoms with Crippen LogP contribution in [0.5, 0.6) is 5.75 Å². The zero-order chi connectivity index (χ0) is 24.5. The fourth-order valence-corrected chi connectivity index (χ4v) is 6.29. The minimum absolute atomic E-state index is 0.0785. The smallest absolute Gasteiger partial charge is 0.333 e. The van der Waals surface area contributed by atoms with Gasteiger partial charge in [0.25, 0.3) is 11.5 Å². The molecule has 5 rings (SSSR count). The van der Waals surface area contributed by atoms with Crippen LogP contribution in [0.15, 0.2) is 46.1 Å². The fourth-order valence-electron chi connectivity index (χ4n) is 5.21. The summed E-state index contributed by atoms with van der Waals surface area (Å²) in [5, 5.41) is 13.0. The molecule has 2 aromatic heterocycles. The fraction of sp³-hybridized carbons (Fsp3) is 0.440. The molecule has 0 spiro atoms. The van der Waals surface area contributed by atoms with Crippen LogP contribution >= 0.6 is 11.8 Å². The highest BCUT2D eigenvalue weighted by atomic mass is 32.2. The number of aromatic hydroxyl groups is 1. The first-order valence-electron chi connectivity index (χ1n) is 11.9. The number of halogens is 1. The minimum atomic E-state index is -0.610. The molecule has 184 valence electrons. The number of phenolic OH excluding ortho intramolecular Hbond substituents is 1. The van der Waals surface area contributed by atoms with Gasteiger partial charge >= 0.3 is 5.69 Å². The van der Waals surface area contributed by atoms with Crippen LogP contribution in [0.2, 0.25) is 0 Å². The number of carbonyl (C=O) groups excluding carboxylic acids is 1. The third kappa shape index (κ3) is 4.59. The van der Waals surface area contributed by atoms with Crippen LogP contribution in [0, 0.1) is 5.82 Å². The third-order valence-electron chi connectivity index (χ3n) is 7.02. The Balaban J connectivity index is 1.42. The van der Waals surface area contributed by atoms with Gasteiger partial charge in [0.05, 0.1) is 17.1 Å². The lowest BCUT2D eigenvalue weighted by Crippen LogP contribution is -2.46. The molecule has 1 saturated heterocycles. The van der Waals surface area contributed by atoms with Gasteiger partial charge in [-0.05, 0) is 68.2 Å². The summed E-state index contributed by atoms with van der Waals surface area (Å²) in [6.07, 6.45) is 4.85. The molecule has 1 aliphatic heterocycles. The summed E-state index contributed by atoms with van der Waals surface area (Å²) in [6, 6.07) is 6.98. The van der Waals surface area contributed by atoms with E-state index >= 15 is 0 Å². The Labute approximate surface area is 205 Å². The molecule has 0 atom stereocenters. The van der Waals surface area contributed by atoms with E-state index in [0.29, 0.717) is 25.7 Å². The molecule has 3 aromatic rings. The van der Waals surface area contributed by atoms with Gasteiger partial charge in [0.2, 0.25) is 0 Å². The number of rotatable bonds is 4. The second kappa shape index (κ2) is 9.85. The van der Waals surface area contributed by atoms with Gasteiger partial charge in [-0.3, -0.25) is 18.7 Å². The molecule has 0 radical (unpaired) electrons. The lowest BCUT2D eigenvalue weighted by molar-refractivity contribution is 0.0919. The second-order valence-electron chi connectivity index (χ2n) is 9.19. The molecule has 0 unspecified atom stereocenters. The van der Waals surface area contributed by atoms with E-state index in [2.05, 4.69) is 10.3 Å². The van der Waals surface area contributed by atoms with E-state index in [1.54, 1.807) is 22.8 Å². The van der Waals surface area contributed by atoms with Crippen molar-refractivity contribution in [2.45, 2.75) is 56.7 Å². The van der Waals surface area contributed by atoms with Crippen LogP contribution in [-0.4, -0.2) is 42.7 Å². The van der Waals surface area contributed by atoms with Crippen LogP contribution in [0.25, 0.3) is 11.0 Å². The molecule has 10 heteroatoms. The molecule has 1 aliphatic carbocycles. The maximum Gasteiger partial charge on any atom is 0.333 e. The Morgan fingerprint density at radius 1 is 1.03 bits per heavy atom. The summed E-state index contributed by atoms with van der Waals surface area (Å²) in [5.41, 5.74) is -0.443. The molecule has 0 bridgehead atoms. The highest BCUT2D eigenvalue weighted by Crippen LogP contribution is 2.30. The topological polar surface area (TPSA) is 106 Å². The van der Waals surface area contributed by atoms with Gasteiger partial charge in [0, 0.05) is 18.1 Å². The van der Waals surface area contributed by atoms with Crippen LogP contribution in [0.4, 0.5) is 4.39 Å². The van der Waals surface area contributed by atoms with Crippen molar-refractivity contribution in [1.29, 1.82) is 0 Å². The summed E-state index contributed by atoms with van der Waals surface area (Å²) in [7, 11) is 0. The average Bonchev–Trinajstić information content (AvgIpc) is 2.86. The molecule has 8 nitrogen and oxygen atoms in total. The van der Waals surface area contributed by atoms with Crippen molar-refractivity contribution in [2.75, 3.05) is 11.5 Å². The van der Waals surface area contributed by atoms with Gasteiger partial charge in [-0.25, -0.2) is 14.2 Å². The van der Waals surface area contributed by atoms with Crippen LogP contribution < -0.4 is 16.6 Å². The summed E-state index contributed by atoms with van der Waals surface area (Å²) in [5.74, 6) is 0.792. The first kappa shape index (κ1) is 23.6. The van der Waals surface area contributed by atoms with Gasteiger partial charge in [-0.15, -0.1) is 0 Å². The van der Waals surface area contributed by atoms with Crippen molar-refractivity contribution in [1.82, 2.24) is 19.4 Å². The second-order valence-corrected chi connectivity index (χ2v) is 10.4. The number of aromatic nitrogens is 3. The molecular weight excluding hydrogens is 471 g/mol. The van der Waals surface area contributed by atoms with Gasteiger partial charge in [-0.1, -0.05) is 12.1 Å². The summed E-state index contributed by atoms with van der Waals surface area (Å²) < 4.78 is 16.9. The Morgan fingerprint density at radius 3 is 2.43 bits per heavy atom. The maximum atomic E-state index is 14.0. The summed E-state index contributed by atoms with van der Waals surface area (Å²) in [4.78, 5) is 43.7. The lowest BCUT2D eigenvalue weighted by atomic mass is 9.90. The quantitative estimate of drug-likeness (QED) is 0.571. The number of carbonyl (C=O) groups is 1. The highest BCUT2D eigenvalue weighted by Gasteiger charge is 2.30. The number of fused-ring (bicyclic) bond motifs is 1. The van der Waals surface area contributed by atoms with E-state index in [1.807, 2.05) is 11.8 Å². The first-order valence-corrected chi connectivity index (χ1v) is 13.1. The zero-order valence-electron chi connectivity index (χ0n) is 19.2. The van der Waals surface area contributed by atoms with E-state index in [4.69, 9.17) is 0 Å². The molecule has 2 fully saturated rings. The number of para-hydroxylation sites is 1. The van der Waals surface area contributed by atoms with E-state index in [0.717, 1.165) is 30.5 Å². The number of nitrogens with one attached hydrogen (secondary N) is 1. The average molecular weight is 499 g/mol. The highest BCUT2D eigenvalue weighted by molar-refractivity contribution is 7.99. The van der Waals surface area contributed by atoms with Crippen LogP contribution in [-0.2, 0) is 0 Å². The SMILES string of the molecule is O=C(N[C@H]1CC[C@@H](n2c(=O)c3cc(F)cnc3n(C3CCSCC3)c2=O)CC1)c1ccccc1O. The zero-order valence-corrected chi connectivity index (χ0v) is 20.0. The summed E-state index contributed by atoms with van der Waals surface area (Å²) in [6.45, 7) is 0. The Hall–Kier alpha value is -3.14. The molecule has 3 heterocycles. The molecular formula is C25H27FN4O4S. The van der Waals surface area contributed by atoms with Crippen molar-refractivity contribution in [3.63, 3.8) is 0 Å². The molecule has 1 saturated carbocycles. The van der Waals surface area contributed by atoms with E-state index < -0.39 is 11.4 Å². The predicted molar refractivity (Wildman–Crippen MR) is 133 cm³/mol. The first-order chi connectivity index (χ1) is 16.9. The molecule has 35 heavy (non-hydrogen) atoms. The molecule has 2 N–H and O–H groups in total. The van der Waals surface area contributed by atoms with Gasteiger partial charge in [0.1, 0.15) is 17.2 Å². The number of phenols is 1. The summed E-state index contributed by atoms with van der Waals surface area (Å²) >= 11 is 1.83. The maximum absolute atomic E-state index is 14.0.